The Morgan fingerprint density at radius 3 is 2.72 bits per heavy atom. The molecule has 9 heteroatoms. The predicted octanol–water partition coefficient (Wildman–Crippen LogP) is 2.79. The van der Waals surface area contributed by atoms with Crippen molar-refractivity contribution in [2.24, 2.45) is 7.05 Å². The summed E-state index contributed by atoms with van der Waals surface area (Å²) in [6.45, 7) is 5.98. The molecule has 1 aliphatic rings. The minimum atomic E-state index is -0.416. The molecule has 0 saturated carbocycles. The molecular formula is C20H25N5O3S. The Morgan fingerprint density at radius 2 is 2.03 bits per heavy atom. The molecule has 1 aliphatic heterocycles. The second-order valence-corrected chi connectivity index (χ2v) is 7.58. The first-order valence-electron chi connectivity index (χ1n) is 9.52. The fraction of sp³-hybridized carbons (Fsp3) is 0.400. The van der Waals surface area contributed by atoms with Crippen molar-refractivity contribution >= 4 is 23.8 Å². The third-order valence-electron chi connectivity index (χ3n) is 4.71. The van der Waals surface area contributed by atoms with Gasteiger partial charge in [0.1, 0.15) is 0 Å². The van der Waals surface area contributed by atoms with Gasteiger partial charge < -0.3 is 19.9 Å². The van der Waals surface area contributed by atoms with E-state index in [1.54, 1.807) is 6.92 Å². The first kappa shape index (κ1) is 20.9. The average molecular weight is 416 g/mol. The van der Waals surface area contributed by atoms with Gasteiger partial charge in [0.15, 0.2) is 11.0 Å². The molecule has 2 aromatic rings. The van der Waals surface area contributed by atoms with Crippen molar-refractivity contribution in [1.29, 1.82) is 0 Å². The van der Waals surface area contributed by atoms with Crippen LogP contribution in [0.1, 0.15) is 25.8 Å². The van der Waals surface area contributed by atoms with E-state index in [4.69, 9.17) is 4.74 Å². The van der Waals surface area contributed by atoms with Gasteiger partial charge in [-0.1, -0.05) is 43.0 Å². The van der Waals surface area contributed by atoms with Crippen LogP contribution in [0, 0.1) is 6.92 Å². The minimum absolute atomic E-state index is 0.274. The van der Waals surface area contributed by atoms with Crippen molar-refractivity contribution in [1.82, 2.24) is 25.4 Å². The number of thioether (sulfide) groups is 1. The molecule has 0 radical (unpaired) electrons. The van der Waals surface area contributed by atoms with E-state index < -0.39 is 5.97 Å². The maximum atomic E-state index is 12.5. The number of ether oxygens (including phenoxy) is 1. The number of nitrogens with one attached hydrogen (secondary N) is 2. The van der Waals surface area contributed by atoms with Crippen LogP contribution in [0.25, 0.3) is 11.4 Å². The molecule has 3 rings (SSSR count). The quantitative estimate of drug-likeness (QED) is 0.533. The molecule has 2 amide bonds. The van der Waals surface area contributed by atoms with Crippen LogP contribution < -0.4 is 10.6 Å². The standard InChI is InChI=1S/C20H25N5O3S/c1-5-14-16(18(26)28-6-2)15(22-19(27)21-14)11-29-20-24-23-17(25(20)4)13-10-8-7-9-12(13)3/h7-10,14H,5-6,11H2,1-4H3,(H2,21,22,27)/t14-/m1/s1. The van der Waals surface area contributed by atoms with Crippen LogP contribution in [0.15, 0.2) is 40.7 Å². The molecular weight excluding hydrogens is 390 g/mol. The second-order valence-electron chi connectivity index (χ2n) is 6.64. The van der Waals surface area contributed by atoms with Crippen molar-refractivity contribution in [3.05, 3.63) is 41.1 Å². The van der Waals surface area contributed by atoms with Crippen molar-refractivity contribution < 1.29 is 14.3 Å². The number of hydrogen-bond acceptors (Lipinski definition) is 6. The molecule has 8 nitrogen and oxygen atoms in total. The molecule has 2 heterocycles. The van der Waals surface area contributed by atoms with Crippen LogP contribution in [0.3, 0.4) is 0 Å². The van der Waals surface area contributed by atoms with Crippen LogP contribution in [0.2, 0.25) is 0 Å². The molecule has 1 aromatic heterocycles. The van der Waals surface area contributed by atoms with Crippen LogP contribution >= 0.6 is 11.8 Å². The zero-order valence-corrected chi connectivity index (χ0v) is 17.8. The molecule has 0 saturated heterocycles. The summed E-state index contributed by atoms with van der Waals surface area (Å²) >= 11 is 1.41. The topological polar surface area (TPSA) is 98.1 Å². The summed E-state index contributed by atoms with van der Waals surface area (Å²) < 4.78 is 7.11. The lowest BCUT2D eigenvalue weighted by molar-refractivity contribution is -0.139. The lowest BCUT2D eigenvalue weighted by Gasteiger charge is -2.28. The van der Waals surface area contributed by atoms with Gasteiger partial charge in [-0.15, -0.1) is 10.2 Å². The fourth-order valence-corrected chi connectivity index (χ4v) is 4.09. The molecule has 154 valence electrons. The van der Waals surface area contributed by atoms with Gasteiger partial charge in [-0.3, -0.25) is 0 Å². The number of carbonyl (C=O) groups excluding carboxylic acids is 2. The number of carbonyl (C=O) groups is 2. The molecule has 1 atom stereocenters. The van der Waals surface area contributed by atoms with E-state index in [-0.39, 0.29) is 18.7 Å². The first-order valence-corrected chi connectivity index (χ1v) is 10.5. The summed E-state index contributed by atoms with van der Waals surface area (Å²) in [4.78, 5) is 24.5. The Labute approximate surface area is 174 Å². The number of aryl methyl sites for hydroxylation is 1. The van der Waals surface area contributed by atoms with Gasteiger partial charge in [-0.25, -0.2) is 9.59 Å². The number of nitrogens with zero attached hydrogens (tertiary/aromatic N) is 3. The lowest BCUT2D eigenvalue weighted by Crippen LogP contribution is -2.50. The third kappa shape index (κ3) is 4.45. The van der Waals surface area contributed by atoms with Gasteiger partial charge in [0, 0.05) is 24.1 Å². The Balaban J connectivity index is 1.86. The predicted molar refractivity (Wildman–Crippen MR) is 111 cm³/mol. The highest BCUT2D eigenvalue weighted by Crippen LogP contribution is 2.27. The van der Waals surface area contributed by atoms with Gasteiger partial charge in [-0.05, 0) is 25.8 Å². The Bertz CT molecular complexity index is 953. The zero-order chi connectivity index (χ0) is 21.0. The molecule has 29 heavy (non-hydrogen) atoms. The summed E-state index contributed by atoms with van der Waals surface area (Å²) in [7, 11) is 1.90. The Hall–Kier alpha value is -2.81. The number of amides is 2. The monoisotopic (exact) mass is 415 g/mol. The summed E-state index contributed by atoms with van der Waals surface area (Å²) in [5.74, 6) is 0.727. The van der Waals surface area contributed by atoms with Gasteiger partial charge in [0.25, 0.3) is 0 Å². The van der Waals surface area contributed by atoms with Crippen molar-refractivity contribution in [3.63, 3.8) is 0 Å². The first-order chi connectivity index (χ1) is 14.0. The van der Waals surface area contributed by atoms with Gasteiger partial charge in [0.2, 0.25) is 0 Å². The van der Waals surface area contributed by atoms with E-state index in [2.05, 4.69) is 20.8 Å². The van der Waals surface area contributed by atoms with Gasteiger partial charge >= 0.3 is 12.0 Å². The molecule has 0 aliphatic carbocycles. The smallest absolute Gasteiger partial charge is 0.337 e. The van der Waals surface area contributed by atoms with E-state index in [1.165, 1.54) is 11.8 Å². The normalized spacial score (nSPS) is 16.4. The number of hydrogen-bond donors (Lipinski definition) is 2. The maximum Gasteiger partial charge on any atom is 0.337 e. The third-order valence-corrected chi connectivity index (χ3v) is 5.76. The highest BCUT2D eigenvalue weighted by Gasteiger charge is 2.31. The lowest BCUT2D eigenvalue weighted by atomic mass is 10.0. The summed E-state index contributed by atoms with van der Waals surface area (Å²) in [5, 5.41) is 14.8. The number of esters is 1. The van der Waals surface area contributed by atoms with Gasteiger partial charge in [-0.2, -0.15) is 0 Å². The molecule has 0 unspecified atom stereocenters. The Kier molecular flexibility index (Phi) is 6.58. The average Bonchev–Trinajstić information content (AvgIpc) is 3.06. The van der Waals surface area contributed by atoms with E-state index in [0.717, 1.165) is 17.0 Å². The Morgan fingerprint density at radius 1 is 1.28 bits per heavy atom. The van der Waals surface area contributed by atoms with Crippen LogP contribution in [-0.4, -0.2) is 45.2 Å². The van der Waals surface area contributed by atoms with E-state index in [0.29, 0.717) is 28.6 Å². The minimum Gasteiger partial charge on any atom is -0.463 e. The number of urea groups is 1. The molecule has 2 N–H and O–H groups in total. The highest BCUT2D eigenvalue weighted by molar-refractivity contribution is 7.99. The van der Waals surface area contributed by atoms with Crippen molar-refractivity contribution in [2.75, 3.05) is 12.4 Å². The SMILES string of the molecule is CCOC(=O)C1=C(CSc2nnc(-c3ccccc3C)n2C)NC(=O)N[C@@H]1CC. The molecule has 0 fully saturated rings. The second kappa shape index (κ2) is 9.13. The van der Waals surface area contributed by atoms with Crippen molar-refractivity contribution in [2.45, 2.75) is 38.4 Å². The van der Waals surface area contributed by atoms with E-state index in [1.807, 2.05) is 49.7 Å². The summed E-state index contributed by atoms with van der Waals surface area (Å²) in [6, 6.07) is 7.30. The van der Waals surface area contributed by atoms with Gasteiger partial charge in [0.05, 0.1) is 18.2 Å². The summed E-state index contributed by atoms with van der Waals surface area (Å²) in [6.07, 6.45) is 0.594. The maximum absolute atomic E-state index is 12.5. The van der Waals surface area contributed by atoms with Crippen LogP contribution in [-0.2, 0) is 16.6 Å². The number of aromatic nitrogens is 3. The van der Waals surface area contributed by atoms with Crippen LogP contribution in [0.4, 0.5) is 4.79 Å². The molecule has 0 spiro atoms. The zero-order valence-electron chi connectivity index (χ0n) is 17.0. The molecule has 0 bridgehead atoms. The summed E-state index contributed by atoms with van der Waals surface area (Å²) in [5.41, 5.74) is 3.14. The van der Waals surface area contributed by atoms with E-state index in [9.17, 15) is 9.59 Å². The number of rotatable bonds is 7. The largest absolute Gasteiger partial charge is 0.463 e. The van der Waals surface area contributed by atoms with Crippen LogP contribution in [0.5, 0.6) is 0 Å². The highest BCUT2D eigenvalue weighted by atomic mass is 32.2. The fourth-order valence-electron chi connectivity index (χ4n) is 3.21. The van der Waals surface area contributed by atoms with Crippen molar-refractivity contribution in [3.8, 4) is 11.4 Å². The number of benzene rings is 1. The van der Waals surface area contributed by atoms with E-state index >= 15 is 0 Å². The molecule has 1 aromatic carbocycles.